The molecule has 0 aliphatic rings. The monoisotopic (exact) mass is 328 g/mol. The van der Waals surface area contributed by atoms with Crippen molar-refractivity contribution in [1.29, 1.82) is 0 Å². The van der Waals surface area contributed by atoms with E-state index in [9.17, 15) is 4.79 Å². The maximum Gasteiger partial charge on any atom is 0.317 e. The fraction of sp³-hybridized carbons (Fsp3) is 0.316. The van der Waals surface area contributed by atoms with E-state index in [0.29, 0.717) is 24.7 Å². The number of benzene rings is 2. The highest BCUT2D eigenvalue weighted by Gasteiger charge is 2.04. The van der Waals surface area contributed by atoms with E-state index in [4.69, 9.17) is 9.47 Å². The Bertz CT molecular complexity index is 617. The molecule has 0 bridgehead atoms. The van der Waals surface area contributed by atoms with Gasteiger partial charge in [0.15, 0.2) is 18.2 Å². The van der Waals surface area contributed by atoms with E-state index < -0.39 is 0 Å². The van der Waals surface area contributed by atoms with Crippen LogP contribution in [-0.2, 0) is 6.42 Å². The molecule has 5 heteroatoms. The van der Waals surface area contributed by atoms with E-state index in [1.165, 1.54) is 5.56 Å². The van der Waals surface area contributed by atoms with Gasteiger partial charge in [-0.25, -0.2) is 4.79 Å². The van der Waals surface area contributed by atoms with Gasteiger partial charge in [-0.2, -0.15) is 0 Å². The van der Waals surface area contributed by atoms with Crippen LogP contribution in [0.5, 0.6) is 11.5 Å². The molecule has 0 saturated carbocycles. The molecule has 0 aliphatic heterocycles. The first-order valence-electron chi connectivity index (χ1n) is 8.20. The third kappa shape index (κ3) is 6.20. The van der Waals surface area contributed by atoms with Crippen LogP contribution in [0.4, 0.5) is 4.79 Å². The van der Waals surface area contributed by atoms with Crippen LogP contribution in [0.3, 0.4) is 0 Å². The predicted molar refractivity (Wildman–Crippen MR) is 94.4 cm³/mol. The molecule has 5 nitrogen and oxygen atoms in total. The average molecular weight is 328 g/mol. The number of rotatable bonds is 9. The zero-order chi connectivity index (χ0) is 17.0. The zero-order valence-electron chi connectivity index (χ0n) is 14.0. The Hall–Kier alpha value is -2.69. The number of para-hydroxylation sites is 2. The van der Waals surface area contributed by atoms with Crippen molar-refractivity contribution in [3.8, 4) is 11.5 Å². The first kappa shape index (κ1) is 17.7. The average Bonchev–Trinajstić information content (AvgIpc) is 2.61. The van der Waals surface area contributed by atoms with E-state index in [2.05, 4.69) is 22.8 Å². The molecule has 2 rings (SSSR count). The van der Waals surface area contributed by atoms with Crippen molar-refractivity contribution >= 4 is 6.03 Å². The van der Waals surface area contributed by atoms with Crippen molar-refractivity contribution in [1.82, 2.24) is 10.6 Å². The highest BCUT2D eigenvalue weighted by molar-refractivity contribution is 5.73. The molecule has 0 fully saturated rings. The molecular formula is C19H24N2O3. The van der Waals surface area contributed by atoms with Crippen LogP contribution in [0.25, 0.3) is 0 Å². The van der Waals surface area contributed by atoms with Crippen molar-refractivity contribution in [2.45, 2.75) is 19.8 Å². The van der Waals surface area contributed by atoms with Crippen molar-refractivity contribution in [3.05, 3.63) is 60.2 Å². The zero-order valence-corrected chi connectivity index (χ0v) is 14.0. The molecule has 2 aromatic rings. The van der Waals surface area contributed by atoms with Gasteiger partial charge in [-0.3, -0.25) is 0 Å². The van der Waals surface area contributed by atoms with Crippen LogP contribution in [0, 0.1) is 0 Å². The number of carbonyl (C=O) groups excluding carboxylic acids is 1. The van der Waals surface area contributed by atoms with E-state index in [1.807, 2.05) is 49.4 Å². The van der Waals surface area contributed by atoms with Crippen LogP contribution < -0.4 is 20.1 Å². The Labute approximate surface area is 143 Å². The predicted octanol–water partition coefficient (Wildman–Crippen LogP) is 3.35. The summed E-state index contributed by atoms with van der Waals surface area (Å²) in [5, 5.41) is 5.49. The van der Waals surface area contributed by atoms with Gasteiger partial charge in [0.2, 0.25) is 0 Å². The molecule has 0 aliphatic carbocycles. The molecule has 2 amide bonds. The second-order valence-corrected chi connectivity index (χ2v) is 5.19. The largest absolute Gasteiger partial charge is 0.490 e. The highest BCUT2D eigenvalue weighted by Crippen LogP contribution is 2.25. The van der Waals surface area contributed by atoms with E-state index in [-0.39, 0.29) is 12.8 Å². The summed E-state index contributed by atoms with van der Waals surface area (Å²) in [5.41, 5.74) is 1.27. The first-order valence-corrected chi connectivity index (χ1v) is 8.20. The summed E-state index contributed by atoms with van der Waals surface area (Å²) >= 11 is 0. The molecular weight excluding hydrogens is 304 g/mol. The summed E-state index contributed by atoms with van der Waals surface area (Å²) in [4.78, 5) is 11.7. The third-order valence-corrected chi connectivity index (χ3v) is 3.38. The van der Waals surface area contributed by atoms with Crippen molar-refractivity contribution < 1.29 is 14.3 Å². The summed E-state index contributed by atoms with van der Waals surface area (Å²) in [6, 6.07) is 17.4. The molecule has 128 valence electrons. The number of carbonyl (C=O) groups is 1. The molecule has 0 unspecified atom stereocenters. The van der Waals surface area contributed by atoms with Gasteiger partial charge >= 0.3 is 6.03 Å². The molecule has 0 spiro atoms. The standard InChI is InChI=1S/C19H24N2O3/c1-2-23-17-12-6-7-13-18(17)24-15-21-19(22)20-14-8-11-16-9-4-3-5-10-16/h3-7,9-10,12-13H,2,8,11,14-15H2,1H3,(H2,20,21,22). The lowest BCUT2D eigenvalue weighted by Crippen LogP contribution is -2.38. The van der Waals surface area contributed by atoms with Crippen molar-refractivity contribution in [2.24, 2.45) is 0 Å². The van der Waals surface area contributed by atoms with Crippen molar-refractivity contribution in [3.63, 3.8) is 0 Å². The van der Waals surface area contributed by atoms with Crippen LogP contribution in [-0.4, -0.2) is 25.9 Å². The van der Waals surface area contributed by atoms with E-state index in [1.54, 1.807) is 0 Å². The Balaban J connectivity index is 1.61. The van der Waals surface area contributed by atoms with Gasteiger partial charge in [-0.05, 0) is 37.5 Å². The van der Waals surface area contributed by atoms with E-state index in [0.717, 1.165) is 12.8 Å². The second kappa shape index (κ2) is 10.2. The van der Waals surface area contributed by atoms with Gasteiger partial charge in [0.05, 0.1) is 6.61 Å². The number of hydrogen-bond acceptors (Lipinski definition) is 3. The number of hydrogen-bond donors (Lipinski definition) is 2. The summed E-state index contributed by atoms with van der Waals surface area (Å²) in [6.07, 6.45) is 1.84. The van der Waals surface area contributed by atoms with Gasteiger partial charge in [0.25, 0.3) is 0 Å². The number of aryl methyl sites for hydroxylation is 1. The smallest absolute Gasteiger partial charge is 0.317 e. The third-order valence-electron chi connectivity index (χ3n) is 3.38. The van der Waals surface area contributed by atoms with Gasteiger partial charge in [0.1, 0.15) is 0 Å². The van der Waals surface area contributed by atoms with Gasteiger partial charge in [-0.1, -0.05) is 42.5 Å². The number of amides is 2. The van der Waals surface area contributed by atoms with E-state index >= 15 is 0 Å². The SMILES string of the molecule is CCOc1ccccc1OCNC(=O)NCCCc1ccccc1. The fourth-order valence-electron chi connectivity index (χ4n) is 2.23. The van der Waals surface area contributed by atoms with Crippen LogP contribution in [0.2, 0.25) is 0 Å². The molecule has 0 saturated heterocycles. The van der Waals surface area contributed by atoms with Crippen LogP contribution in [0.15, 0.2) is 54.6 Å². The van der Waals surface area contributed by atoms with Crippen LogP contribution >= 0.6 is 0 Å². The molecule has 0 heterocycles. The molecule has 2 aromatic carbocycles. The number of urea groups is 1. The lowest BCUT2D eigenvalue weighted by Gasteiger charge is -2.12. The Morgan fingerprint density at radius 1 is 0.917 bits per heavy atom. The Morgan fingerprint density at radius 2 is 1.58 bits per heavy atom. The highest BCUT2D eigenvalue weighted by atomic mass is 16.5. The lowest BCUT2D eigenvalue weighted by molar-refractivity contribution is 0.220. The molecule has 2 N–H and O–H groups in total. The number of nitrogens with one attached hydrogen (secondary N) is 2. The second-order valence-electron chi connectivity index (χ2n) is 5.19. The number of ether oxygens (including phenoxy) is 2. The normalized spacial score (nSPS) is 10.0. The lowest BCUT2D eigenvalue weighted by atomic mass is 10.1. The molecule has 0 radical (unpaired) electrons. The minimum atomic E-state index is -0.239. The maximum absolute atomic E-state index is 11.7. The van der Waals surface area contributed by atoms with Gasteiger partial charge < -0.3 is 20.1 Å². The Morgan fingerprint density at radius 3 is 2.29 bits per heavy atom. The summed E-state index contributed by atoms with van der Waals surface area (Å²) < 4.78 is 11.0. The fourth-order valence-corrected chi connectivity index (χ4v) is 2.23. The summed E-state index contributed by atoms with van der Waals surface area (Å²) in [6.45, 7) is 3.19. The minimum Gasteiger partial charge on any atom is -0.490 e. The molecule has 0 atom stereocenters. The maximum atomic E-state index is 11.7. The summed E-state index contributed by atoms with van der Waals surface area (Å²) in [5.74, 6) is 1.29. The van der Waals surface area contributed by atoms with Gasteiger partial charge in [-0.15, -0.1) is 0 Å². The molecule has 24 heavy (non-hydrogen) atoms. The topological polar surface area (TPSA) is 59.6 Å². The van der Waals surface area contributed by atoms with Gasteiger partial charge in [0, 0.05) is 6.54 Å². The van der Waals surface area contributed by atoms with Crippen LogP contribution in [0.1, 0.15) is 18.9 Å². The van der Waals surface area contributed by atoms with Crippen molar-refractivity contribution in [2.75, 3.05) is 19.9 Å². The Kier molecular flexibility index (Phi) is 7.47. The minimum absolute atomic E-state index is 0.0919. The summed E-state index contributed by atoms with van der Waals surface area (Å²) in [7, 11) is 0. The first-order chi connectivity index (χ1) is 11.8. The molecule has 0 aromatic heterocycles. The quantitative estimate of drug-likeness (QED) is 0.548.